The predicted octanol–water partition coefficient (Wildman–Crippen LogP) is 14.1. The predicted molar refractivity (Wildman–Crippen MR) is 200 cm³/mol. The summed E-state index contributed by atoms with van der Waals surface area (Å²) in [6, 6.07) is 9.54. The zero-order chi connectivity index (χ0) is 34.1. The normalized spacial score (nSPS) is 13.2. The van der Waals surface area contributed by atoms with Crippen LogP contribution < -0.4 is 0 Å². The molecular formula is C43H68N2Ni. The fourth-order valence-electron chi connectivity index (χ4n) is 7.00. The first kappa shape index (κ1) is 40.2. The van der Waals surface area contributed by atoms with E-state index in [4.69, 9.17) is 0 Å². The SMILES string of the molecule is CCCCCC1=C(c2cc(C)c(C)c(C)c2)[N+](=[N-])C(c2cc(CCCCC)c(CCCCC)c(CCCCC)c2)=C1CC.[CH3][Ni][CH3]. The fourth-order valence-corrected chi connectivity index (χ4v) is 7.00. The Morgan fingerprint density at radius 3 is 1.37 bits per heavy atom. The number of unbranched alkanes of at least 4 members (excludes halogenated alkanes) is 8. The van der Waals surface area contributed by atoms with Crippen molar-refractivity contribution in [2.24, 2.45) is 0 Å². The molecule has 0 spiro atoms. The van der Waals surface area contributed by atoms with Crippen LogP contribution >= 0.6 is 0 Å². The average molecular weight is 672 g/mol. The van der Waals surface area contributed by atoms with Gasteiger partial charge in [-0.2, -0.15) is 0 Å². The van der Waals surface area contributed by atoms with Gasteiger partial charge in [0.05, 0.1) is 0 Å². The van der Waals surface area contributed by atoms with Crippen LogP contribution in [0.4, 0.5) is 0 Å². The molecule has 0 unspecified atom stereocenters. The number of rotatable bonds is 19. The number of aryl methyl sites for hydroxylation is 4. The van der Waals surface area contributed by atoms with Gasteiger partial charge in [0, 0.05) is 22.3 Å². The van der Waals surface area contributed by atoms with Crippen molar-refractivity contribution < 1.29 is 19.1 Å². The minimum absolute atomic E-state index is 0.926. The molecule has 0 bridgehead atoms. The van der Waals surface area contributed by atoms with Crippen molar-refractivity contribution in [3.8, 4) is 0 Å². The molecule has 0 aliphatic carbocycles. The molecule has 46 heavy (non-hydrogen) atoms. The van der Waals surface area contributed by atoms with Crippen molar-refractivity contribution in [2.75, 3.05) is 0 Å². The third-order valence-corrected chi connectivity index (χ3v) is 9.78. The standard InChI is InChI=1S/C41H62N2.2CH3.Ni/c1-9-14-18-22-33-28-36(29-34(23-19-15-10-2)38(33)24-20-16-11-3)40-37(13-5)39(25-21-17-12-4)41(43(40)42)35-26-30(6)32(8)31(7)27-35;;;/h26-29H,9-25H2,1-8H3;2*1H3;. The second kappa shape index (κ2) is 21.8. The molecule has 0 radical (unpaired) electrons. The Kier molecular flexibility index (Phi) is 19.0. The van der Waals surface area contributed by atoms with E-state index in [0.717, 1.165) is 49.1 Å². The van der Waals surface area contributed by atoms with E-state index in [1.807, 2.05) is 0 Å². The van der Waals surface area contributed by atoms with E-state index in [9.17, 15) is 5.53 Å². The topological polar surface area (TPSA) is 25.3 Å². The van der Waals surface area contributed by atoms with Gasteiger partial charge in [-0.25, -0.2) is 4.70 Å². The van der Waals surface area contributed by atoms with Gasteiger partial charge in [0.15, 0.2) is 0 Å². The van der Waals surface area contributed by atoms with Crippen LogP contribution in [0.3, 0.4) is 0 Å². The van der Waals surface area contributed by atoms with E-state index in [-0.39, 0.29) is 0 Å². The third-order valence-electron chi connectivity index (χ3n) is 9.78. The van der Waals surface area contributed by atoms with Crippen LogP contribution in [0.5, 0.6) is 0 Å². The van der Waals surface area contributed by atoms with Crippen LogP contribution in [0.25, 0.3) is 16.9 Å². The Balaban J connectivity index is 0.00000236. The second-order valence-corrected chi connectivity index (χ2v) is 14.5. The van der Waals surface area contributed by atoms with Gasteiger partial charge in [-0.05, 0) is 136 Å². The van der Waals surface area contributed by atoms with Crippen molar-refractivity contribution in [3.63, 3.8) is 0 Å². The van der Waals surface area contributed by atoms with Gasteiger partial charge in [-0.15, -0.1) is 0 Å². The molecule has 0 saturated heterocycles. The van der Waals surface area contributed by atoms with E-state index in [1.54, 1.807) is 24.7 Å². The molecule has 0 saturated carbocycles. The van der Waals surface area contributed by atoms with Gasteiger partial charge in [-0.3, -0.25) is 0 Å². The van der Waals surface area contributed by atoms with Gasteiger partial charge in [0.2, 0.25) is 11.4 Å². The molecule has 3 heteroatoms. The zero-order valence-corrected chi connectivity index (χ0v) is 32.5. The first-order valence-electron chi connectivity index (χ1n) is 18.6. The van der Waals surface area contributed by atoms with Crippen LogP contribution in [0, 0.1) is 20.8 Å². The van der Waals surface area contributed by atoms with Gasteiger partial charge >= 0.3 is 26.2 Å². The Bertz CT molecular complexity index is 1260. The van der Waals surface area contributed by atoms with E-state index < -0.39 is 0 Å². The van der Waals surface area contributed by atoms with Crippen LogP contribution in [0.15, 0.2) is 35.4 Å². The summed E-state index contributed by atoms with van der Waals surface area (Å²) in [5, 5.41) is 0. The first-order valence-corrected chi connectivity index (χ1v) is 20.6. The molecule has 2 aromatic rings. The zero-order valence-electron chi connectivity index (χ0n) is 31.5. The summed E-state index contributed by atoms with van der Waals surface area (Å²) in [4.78, 5) is 0. The Morgan fingerprint density at radius 1 is 0.543 bits per heavy atom. The Morgan fingerprint density at radius 2 is 0.935 bits per heavy atom. The Hall–Kier alpha value is -1.99. The summed E-state index contributed by atoms with van der Waals surface area (Å²) in [5.41, 5.74) is 27.9. The summed E-state index contributed by atoms with van der Waals surface area (Å²) in [5.74, 6) is 4.12. The molecule has 0 atom stereocenters. The average Bonchev–Trinajstić information content (AvgIpc) is 3.32. The molecule has 0 N–H and O–H groups in total. The molecule has 1 aliphatic heterocycles. The Labute approximate surface area is 291 Å². The van der Waals surface area contributed by atoms with Crippen molar-refractivity contribution >= 4 is 11.4 Å². The van der Waals surface area contributed by atoms with Crippen molar-refractivity contribution in [3.05, 3.63) is 85.5 Å². The maximum absolute atomic E-state index is 12.2. The fraction of sp³-hybridized carbons (Fsp3) is 0.628. The van der Waals surface area contributed by atoms with E-state index in [0.29, 0.717) is 0 Å². The number of benzene rings is 2. The summed E-state index contributed by atoms with van der Waals surface area (Å²) in [7, 11) is 0. The van der Waals surface area contributed by atoms with Gasteiger partial charge in [0.25, 0.3) is 0 Å². The molecule has 0 amide bonds. The summed E-state index contributed by atoms with van der Waals surface area (Å²) >= 11 is 1.62. The van der Waals surface area contributed by atoms with Gasteiger partial charge < -0.3 is 5.53 Å². The quantitative estimate of drug-likeness (QED) is 0.0807. The first-order chi connectivity index (χ1) is 22.2. The minimum atomic E-state index is 0.926. The molecule has 2 aromatic carbocycles. The van der Waals surface area contributed by atoms with Crippen molar-refractivity contribution in [1.29, 1.82) is 0 Å². The second-order valence-electron chi connectivity index (χ2n) is 13.5. The van der Waals surface area contributed by atoms with Crippen molar-refractivity contribution in [1.82, 2.24) is 0 Å². The van der Waals surface area contributed by atoms with Crippen LogP contribution in [-0.4, -0.2) is 4.70 Å². The number of allylic oxidation sites excluding steroid dienone is 2. The summed E-state index contributed by atoms with van der Waals surface area (Å²) in [6.45, 7) is 18.1. The monoisotopic (exact) mass is 670 g/mol. The number of hydrogen-bond acceptors (Lipinski definition) is 0. The molecule has 1 aliphatic rings. The molecule has 260 valence electrons. The van der Waals surface area contributed by atoms with Crippen LogP contribution in [-0.2, 0) is 33.7 Å². The molecule has 1 heterocycles. The third kappa shape index (κ3) is 11.0. The maximum atomic E-state index is 12.2. The van der Waals surface area contributed by atoms with Gasteiger partial charge in [0.1, 0.15) is 0 Å². The molecule has 3 rings (SSSR count). The van der Waals surface area contributed by atoms with Crippen LogP contribution in [0.1, 0.15) is 169 Å². The van der Waals surface area contributed by atoms with Gasteiger partial charge in [-0.1, -0.05) is 86.0 Å². The van der Waals surface area contributed by atoms with Crippen LogP contribution in [0.2, 0.25) is 11.8 Å². The summed E-state index contributed by atoms with van der Waals surface area (Å²) < 4.78 is 1.60. The van der Waals surface area contributed by atoms with Crippen molar-refractivity contribution in [2.45, 2.75) is 176 Å². The molecule has 2 nitrogen and oxygen atoms in total. The number of nitrogens with zero attached hydrogens (tertiary/aromatic N) is 2. The summed E-state index contributed by atoms with van der Waals surface area (Å²) in [6.07, 6.45) is 20.3. The van der Waals surface area contributed by atoms with E-state index in [2.05, 4.69) is 91.4 Å². The van der Waals surface area contributed by atoms with E-state index in [1.165, 1.54) is 122 Å². The number of hydrogen-bond donors (Lipinski definition) is 0. The molecule has 0 aromatic heterocycles. The molecule has 0 fully saturated rings. The molecular weight excluding hydrogens is 603 g/mol. The van der Waals surface area contributed by atoms with E-state index >= 15 is 0 Å².